The van der Waals surface area contributed by atoms with Gasteiger partial charge in [0, 0.05) is 22.0 Å². The van der Waals surface area contributed by atoms with Crippen molar-refractivity contribution in [3.8, 4) is 0 Å². The Kier molecular flexibility index (Phi) is 4.73. The highest BCUT2D eigenvalue weighted by molar-refractivity contribution is 7.92. The largest absolute Gasteiger partial charge is 0.322 e. The Morgan fingerprint density at radius 1 is 1.14 bits per heavy atom. The summed E-state index contributed by atoms with van der Waals surface area (Å²) in [4.78, 5) is 12.3. The summed E-state index contributed by atoms with van der Waals surface area (Å²) >= 11 is 6.01. The summed E-state index contributed by atoms with van der Waals surface area (Å²) in [6.45, 7) is 1.81. The average Bonchev–Trinajstić information content (AvgIpc) is 2.42. The van der Waals surface area contributed by atoms with Crippen LogP contribution in [-0.2, 0) is 10.0 Å². The summed E-state index contributed by atoms with van der Waals surface area (Å²) in [5.74, 6) is -0.345. The van der Waals surface area contributed by atoms with Gasteiger partial charge in [-0.15, -0.1) is 0 Å². The van der Waals surface area contributed by atoms with E-state index >= 15 is 0 Å². The van der Waals surface area contributed by atoms with Gasteiger partial charge in [-0.05, 0) is 42.8 Å². The first-order chi connectivity index (χ1) is 10.3. The predicted molar refractivity (Wildman–Crippen MR) is 89.1 cm³/mol. The van der Waals surface area contributed by atoms with Crippen molar-refractivity contribution in [2.24, 2.45) is 0 Å². The van der Waals surface area contributed by atoms with Crippen LogP contribution in [0.25, 0.3) is 0 Å². The highest BCUT2D eigenvalue weighted by atomic mass is 35.5. The highest BCUT2D eigenvalue weighted by Crippen LogP contribution is 2.23. The van der Waals surface area contributed by atoms with Gasteiger partial charge >= 0.3 is 0 Å². The van der Waals surface area contributed by atoms with Gasteiger partial charge in [0.1, 0.15) is 0 Å². The van der Waals surface area contributed by atoms with Gasteiger partial charge in [-0.2, -0.15) is 0 Å². The normalized spacial score (nSPS) is 11.0. The monoisotopic (exact) mass is 338 g/mol. The molecule has 0 atom stereocenters. The molecule has 0 aliphatic carbocycles. The third-order valence-electron chi connectivity index (χ3n) is 2.94. The van der Waals surface area contributed by atoms with E-state index in [4.69, 9.17) is 11.6 Å². The minimum absolute atomic E-state index is 0.331. The Bertz CT molecular complexity index is 819. The van der Waals surface area contributed by atoms with Crippen LogP contribution < -0.4 is 10.0 Å². The van der Waals surface area contributed by atoms with Crippen LogP contribution in [-0.4, -0.2) is 20.6 Å². The van der Waals surface area contributed by atoms with E-state index in [1.807, 2.05) is 0 Å². The van der Waals surface area contributed by atoms with E-state index in [1.165, 1.54) is 6.07 Å². The van der Waals surface area contributed by atoms with E-state index in [-0.39, 0.29) is 5.91 Å². The van der Waals surface area contributed by atoms with E-state index in [0.717, 1.165) is 11.8 Å². The second-order valence-corrected chi connectivity index (χ2v) is 6.98. The molecule has 2 aromatic carbocycles. The van der Waals surface area contributed by atoms with Crippen molar-refractivity contribution >= 4 is 38.9 Å². The van der Waals surface area contributed by atoms with E-state index in [2.05, 4.69) is 10.0 Å². The molecule has 0 radical (unpaired) electrons. The average molecular weight is 339 g/mol. The van der Waals surface area contributed by atoms with Crippen molar-refractivity contribution in [1.29, 1.82) is 0 Å². The van der Waals surface area contributed by atoms with Gasteiger partial charge in [-0.1, -0.05) is 23.7 Å². The van der Waals surface area contributed by atoms with Crippen molar-refractivity contribution in [2.75, 3.05) is 16.3 Å². The molecule has 0 aromatic heterocycles. The Hall–Kier alpha value is -2.05. The van der Waals surface area contributed by atoms with Gasteiger partial charge in [0.05, 0.1) is 6.26 Å². The number of hydrogen-bond acceptors (Lipinski definition) is 3. The lowest BCUT2D eigenvalue weighted by atomic mass is 10.1. The lowest BCUT2D eigenvalue weighted by molar-refractivity contribution is 0.102. The number of anilines is 2. The van der Waals surface area contributed by atoms with Crippen LogP contribution in [0.3, 0.4) is 0 Å². The molecule has 2 aromatic rings. The van der Waals surface area contributed by atoms with Gasteiger partial charge in [0.25, 0.3) is 5.91 Å². The molecule has 116 valence electrons. The fourth-order valence-corrected chi connectivity index (χ4v) is 2.61. The minimum Gasteiger partial charge on any atom is -0.322 e. The molecular weight excluding hydrogens is 324 g/mol. The van der Waals surface area contributed by atoms with Gasteiger partial charge in [0.15, 0.2) is 0 Å². The van der Waals surface area contributed by atoms with Crippen molar-refractivity contribution < 1.29 is 13.2 Å². The van der Waals surface area contributed by atoms with Crippen molar-refractivity contribution in [1.82, 2.24) is 0 Å². The van der Waals surface area contributed by atoms with Crippen molar-refractivity contribution in [3.05, 3.63) is 58.6 Å². The van der Waals surface area contributed by atoms with Gasteiger partial charge in [0.2, 0.25) is 10.0 Å². The molecule has 0 bridgehead atoms. The summed E-state index contributed by atoms with van der Waals surface area (Å²) in [7, 11) is -3.39. The topological polar surface area (TPSA) is 75.3 Å². The van der Waals surface area contributed by atoms with E-state index < -0.39 is 10.0 Å². The standard InChI is InChI=1S/C15H15ClN2O3S/c1-10-13(16)7-4-8-14(10)17-15(19)11-5-3-6-12(9-11)18-22(2,20)21/h3-9,18H,1-2H3,(H,17,19). The second kappa shape index (κ2) is 6.37. The fraction of sp³-hybridized carbons (Fsp3) is 0.133. The number of sulfonamides is 1. The van der Waals surface area contributed by atoms with Gasteiger partial charge < -0.3 is 5.32 Å². The first-order valence-electron chi connectivity index (χ1n) is 6.40. The molecule has 22 heavy (non-hydrogen) atoms. The third kappa shape index (κ3) is 4.22. The van der Waals surface area contributed by atoms with Gasteiger partial charge in [-0.25, -0.2) is 8.42 Å². The molecule has 0 fully saturated rings. The number of hydrogen-bond donors (Lipinski definition) is 2. The first-order valence-corrected chi connectivity index (χ1v) is 8.67. The second-order valence-electron chi connectivity index (χ2n) is 4.82. The SMILES string of the molecule is Cc1c(Cl)cccc1NC(=O)c1cccc(NS(C)(=O)=O)c1. The molecule has 5 nitrogen and oxygen atoms in total. The molecule has 2 N–H and O–H groups in total. The number of nitrogens with one attached hydrogen (secondary N) is 2. The maximum atomic E-state index is 12.3. The van der Waals surface area contributed by atoms with Gasteiger partial charge in [-0.3, -0.25) is 9.52 Å². The smallest absolute Gasteiger partial charge is 0.255 e. The number of halogens is 1. The lowest BCUT2D eigenvalue weighted by Gasteiger charge is -2.10. The maximum Gasteiger partial charge on any atom is 0.255 e. The fourth-order valence-electron chi connectivity index (χ4n) is 1.88. The number of carbonyl (C=O) groups excluding carboxylic acids is 1. The quantitative estimate of drug-likeness (QED) is 0.898. The van der Waals surface area contributed by atoms with Crippen molar-refractivity contribution in [3.63, 3.8) is 0 Å². The molecule has 7 heteroatoms. The number of carbonyl (C=O) groups is 1. The summed E-state index contributed by atoms with van der Waals surface area (Å²) in [5, 5.41) is 3.32. The van der Waals surface area contributed by atoms with Crippen LogP contribution in [0.2, 0.25) is 5.02 Å². The third-order valence-corrected chi connectivity index (χ3v) is 3.96. The zero-order valence-corrected chi connectivity index (χ0v) is 13.6. The summed E-state index contributed by atoms with van der Waals surface area (Å²) < 4.78 is 24.8. The van der Waals surface area contributed by atoms with Crippen LogP contribution in [0.5, 0.6) is 0 Å². The number of rotatable bonds is 4. The molecule has 0 saturated carbocycles. The predicted octanol–water partition coefficient (Wildman–Crippen LogP) is 3.27. The molecule has 1 amide bonds. The highest BCUT2D eigenvalue weighted by Gasteiger charge is 2.10. The molecule has 0 spiro atoms. The van der Waals surface area contributed by atoms with Crippen LogP contribution >= 0.6 is 11.6 Å². The minimum atomic E-state index is -3.39. The van der Waals surface area contributed by atoms with E-state index in [9.17, 15) is 13.2 Å². The van der Waals surface area contributed by atoms with E-state index in [1.54, 1.807) is 43.3 Å². The summed E-state index contributed by atoms with van der Waals surface area (Å²) in [5.41, 5.74) is 2.05. The molecule has 0 aliphatic rings. The molecular formula is C15H15ClN2O3S. The van der Waals surface area contributed by atoms with Crippen LogP contribution in [0.1, 0.15) is 15.9 Å². The maximum absolute atomic E-state index is 12.3. The molecule has 0 saturated heterocycles. The lowest BCUT2D eigenvalue weighted by Crippen LogP contribution is -2.14. The Labute approximate surface area is 134 Å². The Morgan fingerprint density at radius 2 is 1.82 bits per heavy atom. The Morgan fingerprint density at radius 3 is 2.50 bits per heavy atom. The van der Waals surface area contributed by atoms with Crippen LogP contribution in [0.15, 0.2) is 42.5 Å². The zero-order chi connectivity index (χ0) is 16.3. The zero-order valence-electron chi connectivity index (χ0n) is 12.1. The molecule has 0 unspecified atom stereocenters. The number of amides is 1. The van der Waals surface area contributed by atoms with Crippen LogP contribution in [0, 0.1) is 6.92 Å². The van der Waals surface area contributed by atoms with Crippen molar-refractivity contribution in [2.45, 2.75) is 6.92 Å². The van der Waals surface area contributed by atoms with Crippen LogP contribution in [0.4, 0.5) is 11.4 Å². The summed E-state index contributed by atoms with van der Waals surface area (Å²) in [6, 6.07) is 11.5. The molecule has 0 heterocycles. The summed E-state index contributed by atoms with van der Waals surface area (Å²) in [6.07, 6.45) is 1.05. The molecule has 0 aliphatic heterocycles. The first kappa shape index (κ1) is 16.3. The molecule has 2 rings (SSSR count). The number of benzene rings is 2. The van der Waals surface area contributed by atoms with E-state index in [0.29, 0.717) is 22.0 Å². The Balaban J connectivity index is 2.23.